The van der Waals surface area contributed by atoms with Gasteiger partial charge in [-0.2, -0.15) is 0 Å². The second-order valence-electron chi connectivity index (χ2n) is 8.24. The van der Waals surface area contributed by atoms with Gasteiger partial charge in [-0.25, -0.2) is 0 Å². The molecule has 0 aromatic heterocycles. The summed E-state index contributed by atoms with van der Waals surface area (Å²) in [7, 11) is 0. The standard InChI is InChI=1S/C17H30O2/c1-12-9-13(2)11-14(10-12)17(15(18)19)7-5-16(3,4)6-8-17/h12-14H,5-11H2,1-4H3,(H,18,19). The lowest BCUT2D eigenvalue weighted by atomic mass is 9.55. The van der Waals surface area contributed by atoms with Crippen LogP contribution >= 0.6 is 0 Å². The van der Waals surface area contributed by atoms with E-state index in [1.54, 1.807) is 0 Å². The van der Waals surface area contributed by atoms with Gasteiger partial charge in [0.1, 0.15) is 0 Å². The highest BCUT2D eigenvalue weighted by Gasteiger charge is 2.50. The van der Waals surface area contributed by atoms with Crippen LogP contribution in [0.2, 0.25) is 0 Å². The largest absolute Gasteiger partial charge is 0.481 e. The van der Waals surface area contributed by atoms with E-state index < -0.39 is 11.4 Å². The molecule has 2 fully saturated rings. The minimum absolute atomic E-state index is 0.338. The topological polar surface area (TPSA) is 37.3 Å². The molecule has 0 aromatic carbocycles. The molecule has 110 valence electrons. The minimum atomic E-state index is -0.519. The zero-order chi connectivity index (χ0) is 14.3. The molecule has 2 rings (SSSR count). The van der Waals surface area contributed by atoms with Crippen molar-refractivity contribution in [1.82, 2.24) is 0 Å². The van der Waals surface area contributed by atoms with Crippen molar-refractivity contribution in [3.8, 4) is 0 Å². The van der Waals surface area contributed by atoms with E-state index in [-0.39, 0.29) is 0 Å². The zero-order valence-electron chi connectivity index (χ0n) is 13.0. The number of hydrogen-bond acceptors (Lipinski definition) is 1. The minimum Gasteiger partial charge on any atom is -0.481 e. The molecule has 2 unspecified atom stereocenters. The van der Waals surface area contributed by atoms with Crippen LogP contribution in [-0.2, 0) is 4.79 Å². The molecule has 0 spiro atoms. The number of hydrogen-bond donors (Lipinski definition) is 1. The highest BCUT2D eigenvalue weighted by molar-refractivity contribution is 5.75. The van der Waals surface area contributed by atoms with E-state index in [2.05, 4.69) is 27.7 Å². The van der Waals surface area contributed by atoms with Crippen LogP contribution in [0.3, 0.4) is 0 Å². The first-order chi connectivity index (χ1) is 8.75. The molecule has 0 saturated heterocycles. The lowest BCUT2D eigenvalue weighted by molar-refractivity contribution is -0.159. The van der Waals surface area contributed by atoms with Gasteiger partial charge in [-0.1, -0.05) is 27.7 Å². The average Bonchev–Trinajstić information content (AvgIpc) is 2.27. The molecule has 2 aliphatic carbocycles. The van der Waals surface area contributed by atoms with E-state index in [1.165, 1.54) is 6.42 Å². The molecule has 0 radical (unpaired) electrons. The smallest absolute Gasteiger partial charge is 0.309 e. The summed E-state index contributed by atoms with van der Waals surface area (Å²) in [6.45, 7) is 9.16. The van der Waals surface area contributed by atoms with E-state index in [4.69, 9.17) is 0 Å². The van der Waals surface area contributed by atoms with Crippen LogP contribution in [0.4, 0.5) is 0 Å². The summed E-state index contributed by atoms with van der Waals surface area (Å²) in [4.78, 5) is 12.0. The third-order valence-electron chi connectivity index (χ3n) is 5.88. The molecule has 2 saturated carbocycles. The summed E-state index contributed by atoms with van der Waals surface area (Å²) in [5, 5.41) is 9.88. The van der Waals surface area contributed by atoms with Gasteiger partial charge in [-0.15, -0.1) is 0 Å². The van der Waals surface area contributed by atoms with Crippen molar-refractivity contribution in [3.63, 3.8) is 0 Å². The monoisotopic (exact) mass is 266 g/mol. The number of carboxylic acid groups (broad SMARTS) is 1. The summed E-state index contributed by atoms with van der Waals surface area (Å²) in [6.07, 6.45) is 7.43. The van der Waals surface area contributed by atoms with Gasteiger partial charge < -0.3 is 5.11 Å². The molecule has 1 N–H and O–H groups in total. The van der Waals surface area contributed by atoms with Crippen molar-refractivity contribution in [2.24, 2.45) is 28.6 Å². The van der Waals surface area contributed by atoms with Gasteiger partial charge >= 0.3 is 5.97 Å². The first-order valence-electron chi connectivity index (χ1n) is 7.98. The highest BCUT2D eigenvalue weighted by Crippen LogP contribution is 2.54. The van der Waals surface area contributed by atoms with Crippen LogP contribution in [0.25, 0.3) is 0 Å². The third-order valence-corrected chi connectivity index (χ3v) is 5.88. The molecule has 0 amide bonds. The number of rotatable bonds is 2. The number of carboxylic acids is 1. The average molecular weight is 266 g/mol. The predicted octanol–water partition coefficient (Wildman–Crippen LogP) is 4.73. The van der Waals surface area contributed by atoms with Crippen LogP contribution in [-0.4, -0.2) is 11.1 Å². The Bertz CT molecular complexity index is 325. The van der Waals surface area contributed by atoms with E-state index in [0.717, 1.165) is 38.5 Å². The Morgan fingerprint density at radius 2 is 1.42 bits per heavy atom. The Hall–Kier alpha value is -0.530. The molecular formula is C17H30O2. The summed E-state index contributed by atoms with van der Waals surface area (Å²) in [6, 6.07) is 0. The van der Waals surface area contributed by atoms with Crippen molar-refractivity contribution in [2.45, 2.75) is 72.6 Å². The fraction of sp³-hybridized carbons (Fsp3) is 0.941. The number of carbonyl (C=O) groups is 1. The maximum Gasteiger partial charge on any atom is 0.309 e. The summed E-state index contributed by atoms with van der Waals surface area (Å²) >= 11 is 0. The van der Waals surface area contributed by atoms with Crippen LogP contribution in [0, 0.1) is 28.6 Å². The molecule has 2 heteroatoms. The lowest BCUT2D eigenvalue weighted by Crippen LogP contribution is -2.45. The van der Waals surface area contributed by atoms with Crippen molar-refractivity contribution in [2.75, 3.05) is 0 Å². The molecule has 0 aromatic rings. The second kappa shape index (κ2) is 5.10. The van der Waals surface area contributed by atoms with Crippen LogP contribution in [0.5, 0.6) is 0 Å². The maximum atomic E-state index is 12.0. The van der Waals surface area contributed by atoms with Crippen LogP contribution in [0.1, 0.15) is 72.6 Å². The normalized spacial score (nSPS) is 37.8. The van der Waals surface area contributed by atoms with E-state index in [1.807, 2.05) is 0 Å². The van der Waals surface area contributed by atoms with Crippen LogP contribution in [0.15, 0.2) is 0 Å². The number of aliphatic carboxylic acids is 1. The highest BCUT2D eigenvalue weighted by atomic mass is 16.4. The van der Waals surface area contributed by atoms with Gasteiger partial charge in [0.05, 0.1) is 5.41 Å². The molecule has 2 nitrogen and oxygen atoms in total. The maximum absolute atomic E-state index is 12.0. The van der Waals surface area contributed by atoms with Gasteiger partial charge in [0.2, 0.25) is 0 Å². The third kappa shape index (κ3) is 2.98. The van der Waals surface area contributed by atoms with Gasteiger partial charge in [0.15, 0.2) is 0 Å². The fourth-order valence-corrected chi connectivity index (χ4v) is 4.57. The summed E-state index contributed by atoms with van der Waals surface area (Å²) in [5.41, 5.74) is -0.0801. The molecule has 0 heterocycles. The Kier molecular flexibility index (Phi) is 3.99. The Morgan fingerprint density at radius 3 is 1.84 bits per heavy atom. The predicted molar refractivity (Wildman–Crippen MR) is 78.0 cm³/mol. The van der Waals surface area contributed by atoms with Crippen molar-refractivity contribution in [3.05, 3.63) is 0 Å². The van der Waals surface area contributed by atoms with Crippen molar-refractivity contribution in [1.29, 1.82) is 0 Å². The first kappa shape index (κ1) is 14.9. The summed E-state index contributed by atoms with van der Waals surface area (Å²) < 4.78 is 0. The zero-order valence-corrected chi connectivity index (χ0v) is 13.0. The van der Waals surface area contributed by atoms with Gasteiger partial charge in [-0.05, 0) is 68.1 Å². The molecular weight excluding hydrogens is 236 g/mol. The van der Waals surface area contributed by atoms with Gasteiger partial charge in [-0.3, -0.25) is 4.79 Å². The molecule has 0 aliphatic heterocycles. The molecule has 2 atom stereocenters. The van der Waals surface area contributed by atoms with Crippen molar-refractivity contribution < 1.29 is 9.90 Å². The lowest BCUT2D eigenvalue weighted by Gasteiger charge is -2.48. The van der Waals surface area contributed by atoms with E-state index in [9.17, 15) is 9.90 Å². The Morgan fingerprint density at radius 1 is 0.947 bits per heavy atom. The van der Waals surface area contributed by atoms with E-state index >= 15 is 0 Å². The van der Waals surface area contributed by atoms with Gasteiger partial charge in [0.25, 0.3) is 0 Å². The van der Waals surface area contributed by atoms with Gasteiger partial charge in [0, 0.05) is 0 Å². The summed E-state index contributed by atoms with van der Waals surface area (Å²) in [5.74, 6) is 1.27. The first-order valence-corrected chi connectivity index (χ1v) is 7.98. The Balaban J connectivity index is 2.18. The Labute approximate surface area is 118 Å². The quantitative estimate of drug-likeness (QED) is 0.784. The fourth-order valence-electron chi connectivity index (χ4n) is 4.57. The molecule has 2 aliphatic rings. The van der Waals surface area contributed by atoms with Crippen molar-refractivity contribution >= 4 is 5.97 Å². The second-order valence-corrected chi connectivity index (χ2v) is 8.24. The molecule has 0 bridgehead atoms. The molecule has 19 heavy (non-hydrogen) atoms. The SMILES string of the molecule is CC1CC(C)CC(C2(C(=O)O)CCC(C)(C)CC2)C1. The van der Waals surface area contributed by atoms with Crippen LogP contribution < -0.4 is 0 Å². The van der Waals surface area contributed by atoms with E-state index in [0.29, 0.717) is 23.2 Å².